The van der Waals surface area contributed by atoms with Crippen LogP contribution in [0.2, 0.25) is 0 Å². The first-order chi connectivity index (χ1) is 12.7. The monoisotopic (exact) mass is 461 g/mol. The maximum Gasteiger partial charge on any atom is 0.267 e. The van der Waals surface area contributed by atoms with Crippen molar-refractivity contribution >= 4 is 10.1 Å². The molecular formula is C13H21F10NO3S. The van der Waals surface area contributed by atoms with Crippen molar-refractivity contribution in [3.05, 3.63) is 0 Å². The summed E-state index contributed by atoms with van der Waals surface area (Å²) in [5, 5.41) is 2.75. The normalized spacial score (nSPS) is 21.9. The molecular weight excluding hydrogens is 440 g/mol. The van der Waals surface area contributed by atoms with Gasteiger partial charge in [0.2, 0.25) is 0 Å². The molecule has 28 heavy (non-hydrogen) atoms. The summed E-state index contributed by atoms with van der Waals surface area (Å²) in [6.07, 6.45) is -33.3. The maximum atomic E-state index is 13.3. The topological polar surface area (TPSA) is 66.4 Å². The summed E-state index contributed by atoms with van der Waals surface area (Å²) < 4.78 is 159. The van der Waals surface area contributed by atoms with Gasteiger partial charge in [-0.15, -0.1) is 0 Å². The van der Waals surface area contributed by atoms with Gasteiger partial charge in [0.25, 0.3) is 10.1 Å². The predicted molar refractivity (Wildman–Crippen MR) is 81.4 cm³/mol. The molecule has 172 valence electrons. The molecule has 0 aliphatic carbocycles. The van der Waals surface area contributed by atoms with Crippen LogP contribution in [0.1, 0.15) is 0 Å². The fourth-order valence-corrected chi connectivity index (χ4v) is 2.24. The molecule has 0 aromatic carbocycles. The zero-order valence-electron chi connectivity index (χ0n) is 14.6. The molecule has 0 aromatic heterocycles. The summed E-state index contributed by atoms with van der Waals surface area (Å²) in [7, 11) is -1.41. The van der Waals surface area contributed by atoms with Crippen molar-refractivity contribution in [2.75, 3.05) is 26.5 Å². The molecule has 0 heterocycles. The van der Waals surface area contributed by atoms with Crippen LogP contribution < -0.4 is 5.32 Å². The Hall–Kier alpha value is -0.830. The number of hydrogen-bond acceptors (Lipinski definition) is 3. The smallest absolute Gasteiger partial charge is 0.267 e. The fraction of sp³-hybridized carbons (Fsp3) is 1.00. The average Bonchev–Trinajstić information content (AvgIpc) is 2.62. The molecule has 0 aromatic rings. The lowest BCUT2D eigenvalue weighted by molar-refractivity contribution is -0.0542. The summed E-state index contributed by atoms with van der Waals surface area (Å²) >= 11 is 0. The molecule has 0 radical (unpaired) electrons. The van der Waals surface area contributed by atoms with E-state index in [1.165, 1.54) is 0 Å². The summed E-state index contributed by atoms with van der Waals surface area (Å²) in [5.74, 6) is -2.03. The Morgan fingerprint density at radius 3 is 1.18 bits per heavy atom. The Morgan fingerprint density at radius 1 is 0.679 bits per heavy atom. The molecule has 0 fully saturated rings. The van der Waals surface area contributed by atoms with Gasteiger partial charge in [0, 0.05) is 0 Å². The molecule has 9 atom stereocenters. The van der Waals surface area contributed by atoms with Crippen LogP contribution in [0.3, 0.4) is 0 Å². The second-order valence-corrected chi connectivity index (χ2v) is 7.04. The molecule has 0 saturated carbocycles. The van der Waals surface area contributed by atoms with Gasteiger partial charge in [-0.05, 0) is 14.1 Å². The Balaban J connectivity index is 0. The molecule has 15 heteroatoms. The summed E-state index contributed by atoms with van der Waals surface area (Å²) in [5.41, 5.74) is 0. The van der Waals surface area contributed by atoms with Gasteiger partial charge in [-0.1, -0.05) is 0 Å². The minimum atomic E-state index is -5.16. The van der Waals surface area contributed by atoms with E-state index in [9.17, 15) is 52.3 Å². The lowest BCUT2D eigenvalue weighted by atomic mass is 9.97. The van der Waals surface area contributed by atoms with Gasteiger partial charge >= 0.3 is 0 Å². The quantitative estimate of drug-likeness (QED) is 0.367. The number of halogens is 10. The van der Waals surface area contributed by atoms with E-state index >= 15 is 0 Å². The minimum Gasteiger partial charge on any atom is -0.323 e. The van der Waals surface area contributed by atoms with Crippen molar-refractivity contribution in [3.63, 3.8) is 0 Å². The Kier molecular flexibility index (Phi) is 14.1. The number of alkyl halides is 10. The third-order valence-corrected chi connectivity index (χ3v) is 3.77. The second kappa shape index (κ2) is 13.4. The van der Waals surface area contributed by atoms with Crippen LogP contribution >= 0.6 is 0 Å². The fourth-order valence-electron chi connectivity index (χ4n) is 1.66. The predicted octanol–water partition coefficient (Wildman–Crippen LogP) is 2.72. The molecule has 0 rings (SSSR count). The Morgan fingerprint density at radius 2 is 0.929 bits per heavy atom. The highest BCUT2D eigenvalue weighted by molar-refractivity contribution is 7.85. The zero-order chi connectivity index (χ0) is 22.8. The lowest BCUT2D eigenvalue weighted by Gasteiger charge is -2.26. The van der Waals surface area contributed by atoms with Gasteiger partial charge in [0.1, 0.15) is 12.4 Å². The van der Waals surface area contributed by atoms with E-state index in [4.69, 9.17) is 4.55 Å². The van der Waals surface area contributed by atoms with E-state index in [2.05, 4.69) is 5.32 Å². The summed E-state index contributed by atoms with van der Waals surface area (Å²) in [6, 6.07) is 0. The molecule has 9 unspecified atom stereocenters. The third-order valence-electron chi connectivity index (χ3n) is 3.03. The zero-order valence-corrected chi connectivity index (χ0v) is 15.4. The molecule has 4 nitrogen and oxygen atoms in total. The summed E-state index contributed by atoms with van der Waals surface area (Å²) in [4.78, 5) is 0. The average molecular weight is 461 g/mol. The molecule has 0 aliphatic rings. The van der Waals surface area contributed by atoms with Crippen molar-refractivity contribution in [1.82, 2.24) is 5.32 Å². The highest BCUT2D eigenvalue weighted by atomic mass is 32.2. The second-order valence-electron chi connectivity index (χ2n) is 5.55. The van der Waals surface area contributed by atoms with E-state index in [1.807, 2.05) is 14.1 Å². The van der Waals surface area contributed by atoms with Crippen molar-refractivity contribution in [1.29, 1.82) is 0 Å². The highest BCUT2D eigenvalue weighted by Gasteiger charge is 2.48. The van der Waals surface area contributed by atoms with E-state index in [1.54, 1.807) is 0 Å². The minimum absolute atomic E-state index is 1.88. The maximum absolute atomic E-state index is 13.3. The molecule has 0 bridgehead atoms. The van der Waals surface area contributed by atoms with Crippen molar-refractivity contribution in [2.24, 2.45) is 0 Å². The van der Waals surface area contributed by atoms with Crippen LogP contribution in [0.15, 0.2) is 0 Å². The molecule has 0 amide bonds. The SMILES string of the molecule is CNC.O=S(=O)(O)CC(F)C(F)C(F)C(F)C(F)C(F)C(F)C(F)C(F)CF. The van der Waals surface area contributed by atoms with E-state index in [0.29, 0.717) is 0 Å². The van der Waals surface area contributed by atoms with Crippen LogP contribution in [0, 0.1) is 0 Å². The van der Waals surface area contributed by atoms with Gasteiger partial charge in [0.05, 0.1) is 0 Å². The molecule has 2 N–H and O–H groups in total. The third kappa shape index (κ3) is 10.1. The largest absolute Gasteiger partial charge is 0.323 e. The van der Waals surface area contributed by atoms with Crippen LogP contribution in [0.5, 0.6) is 0 Å². The lowest BCUT2D eigenvalue weighted by Crippen LogP contribution is -2.48. The van der Waals surface area contributed by atoms with Crippen LogP contribution in [-0.2, 0) is 10.1 Å². The van der Waals surface area contributed by atoms with E-state index in [-0.39, 0.29) is 0 Å². The van der Waals surface area contributed by atoms with Crippen LogP contribution in [0.4, 0.5) is 43.9 Å². The Labute approximate surface area is 155 Å². The van der Waals surface area contributed by atoms with Crippen molar-refractivity contribution in [2.45, 2.75) is 55.5 Å². The van der Waals surface area contributed by atoms with Gasteiger partial charge in [0.15, 0.2) is 55.5 Å². The van der Waals surface area contributed by atoms with E-state index < -0.39 is 78.1 Å². The molecule has 0 spiro atoms. The van der Waals surface area contributed by atoms with Crippen LogP contribution in [0.25, 0.3) is 0 Å². The number of hydrogen-bond donors (Lipinski definition) is 2. The summed E-state index contributed by atoms with van der Waals surface area (Å²) in [6.45, 7) is -2.12. The van der Waals surface area contributed by atoms with Gasteiger partial charge in [-0.25, -0.2) is 43.9 Å². The van der Waals surface area contributed by atoms with Gasteiger partial charge in [-0.2, -0.15) is 8.42 Å². The number of rotatable bonds is 11. The van der Waals surface area contributed by atoms with Gasteiger partial charge in [-0.3, -0.25) is 4.55 Å². The highest BCUT2D eigenvalue weighted by Crippen LogP contribution is 2.28. The van der Waals surface area contributed by atoms with Gasteiger partial charge < -0.3 is 5.32 Å². The standard InChI is InChI=1S/C11H14F10O3S.C2H7N/c12-1-3(13)5(15)7(17)9(19)11(21)10(20)8(18)6(16)4(14)2-25(22,23)24;1-3-2/h3-11H,1-2H2,(H,22,23,24);3H,1-2H3. The Bertz CT molecular complexity index is 517. The van der Waals surface area contributed by atoms with Crippen molar-refractivity contribution < 1.29 is 56.9 Å². The first-order valence-corrected chi connectivity index (χ1v) is 9.13. The van der Waals surface area contributed by atoms with Crippen LogP contribution in [-0.4, -0.2) is 95.0 Å². The first kappa shape index (κ1) is 29.4. The van der Waals surface area contributed by atoms with Crippen molar-refractivity contribution in [3.8, 4) is 0 Å². The van der Waals surface area contributed by atoms with E-state index in [0.717, 1.165) is 0 Å². The number of nitrogens with one attached hydrogen (secondary N) is 1. The first-order valence-electron chi connectivity index (χ1n) is 7.52. The molecule has 0 saturated heterocycles. The molecule has 0 aliphatic heterocycles.